The predicted molar refractivity (Wildman–Crippen MR) is 87.0 cm³/mol. The maximum Gasteiger partial charge on any atom is 0.271 e. The fourth-order valence-electron chi connectivity index (χ4n) is 2.56. The van der Waals surface area contributed by atoms with Crippen molar-refractivity contribution in [3.8, 4) is 0 Å². The number of benzene rings is 1. The molecule has 2 rings (SSSR count). The van der Waals surface area contributed by atoms with Crippen LogP contribution in [0.1, 0.15) is 32.6 Å². The molecule has 1 aromatic carbocycles. The second kappa shape index (κ2) is 7.21. The fourth-order valence-corrected chi connectivity index (χ4v) is 2.76. The minimum absolute atomic E-state index is 0.0431. The van der Waals surface area contributed by atoms with E-state index in [1.165, 1.54) is 31.4 Å². The molecule has 0 saturated heterocycles. The number of hydrazine groups is 1. The normalized spacial score (nSPS) is 21.4. The van der Waals surface area contributed by atoms with Gasteiger partial charge in [-0.15, -0.1) is 0 Å². The van der Waals surface area contributed by atoms with E-state index in [0.717, 1.165) is 6.42 Å². The van der Waals surface area contributed by atoms with Gasteiger partial charge in [-0.2, -0.15) is 0 Å². The van der Waals surface area contributed by atoms with Gasteiger partial charge in [0, 0.05) is 18.2 Å². The minimum atomic E-state index is -0.425. The highest BCUT2D eigenvalue weighted by molar-refractivity contribution is 7.80. The molecule has 0 bridgehead atoms. The van der Waals surface area contributed by atoms with Gasteiger partial charge < -0.3 is 5.32 Å². The Hall–Kier alpha value is -1.89. The molecular formula is C14H20N4O2S. The molecule has 114 valence electrons. The molecule has 21 heavy (non-hydrogen) atoms. The molecule has 0 aliphatic heterocycles. The first-order valence-electron chi connectivity index (χ1n) is 7.13. The van der Waals surface area contributed by atoms with Crippen LogP contribution in [0.15, 0.2) is 24.3 Å². The van der Waals surface area contributed by atoms with E-state index in [2.05, 4.69) is 23.1 Å². The average Bonchev–Trinajstić information content (AvgIpc) is 2.48. The molecule has 1 saturated carbocycles. The van der Waals surface area contributed by atoms with Gasteiger partial charge in [-0.05, 0) is 37.0 Å². The Morgan fingerprint density at radius 3 is 2.86 bits per heavy atom. The van der Waals surface area contributed by atoms with Crippen molar-refractivity contribution in [3.05, 3.63) is 34.4 Å². The Bertz CT molecular complexity index is 523. The van der Waals surface area contributed by atoms with E-state index in [-0.39, 0.29) is 5.69 Å². The summed E-state index contributed by atoms with van der Waals surface area (Å²) in [5, 5.41) is 14.5. The van der Waals surface area contributed by atoms with Crippen molar-refractivity contribution in [2.24, 2.45) is 5.92 Å². The maximum atomic E-state index is 10.7. The molecule has 1 aliphatic rings. The monoisotopic (exact) mass is 308 g/mol. The zero-order valence-corrected chi connectivity index (χ0v) is 12.8. The Kier molecular flexibility index (Phi) is 5.32. The number of rotatable bonds is 4. The third kappa shape index (κ3) is 4.56. The quantitative estimate of drug-likeness (QED) is 0.451. The van der Waals surface area contributed by atoms with Crippen LogP contribution in [0.2, 0.25) is 0 Å². The van der Waals surface area contributed by atoms with Crippen molar-refractivity contribution in [1.29, 1.82) is 0 Å². The lowest BCUT2D eigenvalue weighted by Gasteiger charge is -2.30. The van der Waals surface area contributed by atoms with Gasteiger partial charge in [-0.1, -0.05) is 25.8 Å². The molecule has 3 N–H and O–H groups in total. The number of thiocarbonyl (C=S) groups is 1. The van der Waals surface area contributed by atoms with Crippen LogP contribution in [-0.4, -0.2) is 16.1 Å². The highest BCUT2D eigenvalue weighted by atomic mass is 32.1. The number of nitrogens with one attached hydrogen (secondary N) is 3. The van der Waals surface area contributed by atoms with Crippen LogP contribution in [0.25, 0.3) is 0 Å². The van der Waals surface area contributed by atoms with E-state index in [1.807, 2.05) is 0 Å². The van der Waals surface area contributed by atoms with Gasteiger partial charge in [-0.25, -0.2) is 0 Å². The van der Waals surface area contributed by atoms with Gasteiger partial charge in [0.1, 0.15) is 0 Å². The van der Waals surface area contributed by atoms with E-state index in [4.69, 9.17) is 12.2 Å². The summed E-state index contributed by atoms with van der Waals surface area (Å²) in [5.74, 6) is 0.608. The maximum absolute atomic E-state index is 10.7. The number of anilines is 1. The first-order valence-corrected chi connectivity index (χ1v) is 7.54. The molecule has 0 amide bonds. The molecule has 0 heterocycles. The van der Waals surface area contributed by atoms with Crippen LogP contribution in [0.5, 0.6) is 0 Å². The lowest BCUT2D eigenvalue weighted by atomic mass is 9.86. The summed E-state index contributed by atoms with van der Waals surface area (Å²) in [5.41, 5.74) is 6.41. The van der Waals surface area contributed by atoms with Crippen molar-refractivity contribution in [2.45, 2.75) is 38.6 Å². The Morgan fingerprint density at radius 1 is 1.38 bits per heavy atom. The smallest absolute Gasteiger partial charge is 0.271 e. The lowest BCUT2D eigenvalue weighted by molar-refractivity contribution is -0.384. The molecule has 2 atom stereocenters. The van der Waals surface area contributed by atoms with Gasteiger partial charge in [0.25, 0.3) is 5.69 Å². The van der Waals surface area contributed by atoms with Crippen molar-refractivity contribution >= 4 is 28.7 Å². The fraction of sp³-hybridized carbons (Fsp3) is 0.500. The molecule has 0 aromatic heterocycles. The predicted octanol–water partition coefficient (Wildman–Crippen LogP) is 2.96. The standard InChI is InChI=1S/C14H20N4O2S/c1-10-5-2-3-8-13(10)15-14(21)17-16-11-6-4-7-12(9-11)18(19)20/h4,6-7,9-10,13,16H,2-3,5,8H2,1H3,(H2,15,17,21)/t10-,13+/m1/s1. The van der Waals surface area contributed by atoms with Gasteiger partial charge >= 0.3 is 0 Å². The molecule has 1 fully saturated rings. The van der Waals surface area contributed by atoms with Crippen molar-refractivity contribution in [2.75, 3.05) is 5.43 Å². The van der Waals surface area contributed by atoms with Crippen LogP contribution in [0.3, 0.4) is 0 Å². The van der Waals surface area contributed by atoms with Crippen LogP contribution >= 0.6 is 12.2 Å². The van der Waals surface area contributed by atoms with E-state index in [0.29, 0.717) is 22.8 Å². The first kappa shape index (κ1) is 15.5. The van der Waals surface area contributed by atoms with E-state index >= 15 is 0 Å². The Morgan fingerprint density at radius 2 is 2.14 bits per heavy atom. The summed E-state index contributed by atoms with van der Waals surface area (Å²) < 4.78 is 0. The molecule has 0 spiro atoms. The molecular weight excluding hydrogens is 288 g/mol. The molecule has 7 heteroatoms. The zero-order chi connectivity index (χ0) is 15.2. The molecule has 0 unspecified atom stereocenters. The molecule has 1 aliphatic carbocycles. The Balaban J connectivity index is 1.83. The highest BCUT2D eigenvalue weighted by Gasteiger charge is 2.21. The summed E-state index contributed by atoms with van der Waals surface area (Å²) in [7, 11) is 0. The number of nitrogens with zero attached hydrogens (tertiary/aromatic N) is 1. The number of nitro groups is 1. The second-order valence-corrected chi connectivity index (χ2v) is 5.81. The van der Waals surface area contributed by atoms with E-state index in [1.54, 1.807) is 12.1 Å². The van der Waals surface area contributed by atoms with Crippen LogP contribution in [0.4, 0.5) is 11.4 Å². The average molecular weight is 308 g/mol. The summed E-state index contributed by atoms with van der Waals surface area (Å²) in [6, 6.07) is 6.67. The molecule has 1 aromatic rings. The van der Waals surface area contributed by atoms with Gasteiger partial charge in [0.05, 0.1) is 10.6 Å². The summed E-state index contributed by atoms with van der Waals surface area (Å²) in [6.45, 7) is 2.23. The summed E-state index contributed by atoms with van der Waals surface area (Å²) in [6.07, 6.45) is 4.85. The van der Waals surface area contributed by atoms with Crippen molar-refractivity contribution in [1.82, 2.24) is 10.7 Å². The van der Waals surface area contributed by atoms with E-state index < -0.39 is 4.92 Å². The van der Waals surface area contributed by atoms with Crippen LogP contribution in [0, 0.1) is 16.0 Å². The third-order valence-electron chi connectivity index (χ3n) is 3.81. The molecule has 0 radical (unpaired) electrons. The van der Waals surface area contributed by atoms with Gasteiger partial charge in [0.2, 0.25) is 0 Å². The van der Waals surface area contributed by atoms with Crippen molar-refractivity contribution < 1.29 is 4.92 Å². The minimum Gasteiger partial charge on any atom is -0.358 e. The van der Waals surface area contributed by atoms with Crippen LogP contribution in [-0.2, 0) is 0 Å². The number of hydrogen-bond acceptors (Lipinski definition) is 4. The second-order valence-electron chi connectivity index (χ2n) is 5.40. The van der Waals surface area contributed by atoms with E-state index in [9.17, 15) is 10.1 Å². The largest absolute Gasteiger partial charge is 0.358 e. The number of non-ortho nitro benzene ring substituents is 1. The van der Waals surface area contributed by atoms with Crippen molar-refractivity contribution in [3.63, 3.8) is 0 Å². The lowest BCUT2D eigenvalue weighted by Crippen LogP contribution is -2.47. The van der Waals surface area contributed by atoms with Crippen LogP contribution < -0.4 is 16.2 Å². The van der Waals surface area contributed by atoms with Gasteiger partial charge in [0.15, 0.2) is 5.11 Å². The highest BCUT2D eigenvalue weighted by Crippen LogP contribution is 2.23. The van der Waals surface area contributed by atoms with Gasteiger partial charge in [-0.3, -0.25) is 21.0 Å². The SMILES string of the molecule is C[C@@H]1CCCC[C@@H]1NC(=S)NNc1cccc([N+](=O)[O-])c1. The topological polar surface area (TPSA) is 79.2 Å². The molecule has 6 nitrogen and oxygen atoms in total. The summed E-state index contributed by atoms with van der Waals surface area (Å²) >= 11 is 5.25. The number of hydrogen-bond donors (Lipinski definition) is 3. The number of nitro benzene ring substituents is 1. The first-order chi connectivity index (χ1) is 10.1. The zero-order valence-electron chi connectivity index (χ0n) is 12.0. The Labute approximate surface area is 129 Å². The summed E-state index contributed by atoms with van der Waals surface area (Å²) in [4.78, 5) is 10.3. The third-order valence-corrected chi connectivity index (χ3v) is 4.03.